The van der Waals surface area contributed by atoms with Crippen LogP contribution in [0, 0.1) is 6.92 Å². The summed E-state index contributed by atoms with van der Waals surface area (Å²) in [5.74, 6) is -0.301. The maximum atomic E-state index is 13.8. The Morgan fingerprint density at radius 2 is 1.71 bits per heavy atom. The number of rotatable bonds is 11. The largest absolute Gasteiger partial charge is 0.497 e. The van der Waals surface area contributed by atoms with Crippen molar-refractivity contribution in [2.24, 2.45) is 0 Å². The molecule has 8 nitrogen and oxygen atoms in total. The van der Waals surface area contributed by atoms with Crippen LogP contribution in [0.15, 0.2) is 77.7 Å². The van der Waals surface area contributed by atoms with Gasteiger partial charge < -0.3 is 15.0 Å². The number of aryl methyl sites for hydroxylation is 1. The number of anilines is 1. The molecule has 1 atom stereocenters. The average Bonchev–Trinajstić information content (AvgIpc) is 2.90. The number of sulfonamides is 1. The highest BCUT2D eigenvalue weighted by Gasteiger charge is 2.32. The number of nitrogens with zero attached hydrogens (tertiary/aromatic N) is 2. The Morgan fingerprint density at radius 3 is 2.34 bits per heavy atom. The van der Waals surface area contributed by atoms with Crippen molar-refractivity contribution in [1.82, 2.24) is 10.2 Å². The minimum Gasteiger partial charge on any atom is -0.497 e. The predicted octanol–water partition coefficient (Wildman–Crippen LogP) is 4.41. The van der Waals surface area contributed by atoms with Crippen LogP contribution in [0.2, 0.25) is 5.02 Å². The van der Waals surface area contributed by atoms with Crippen LogP contribution in [0.3, 0.4) is 0 Å². The maximum absolute atomic E-state index is 13.8. The highest BCUT2D eigenvalue weighted by atomic mass is 35.5. The molecule has 0 unspecified atom stereocenters. The van der Waals surface area contributed by atoms with Crippen LogP contribution in [0.5, 0.6) is 5.75 Å². The molecule has 0 aliphatic rings. The first-order valence-electron chi connectivity index (χ1n) is 12.1. The number of ether oxygens (including phenoxy) is 1. The molecule has 0 aliphatic carbocycles. The monoisotopic (exact) mass is 557 g/mol. The van der Waals surface area contributed by atoms with Gasteiger partial charge in [-0.15, -0.1) is 0 Å². The molecule has 0 fully saturated rings. The molecule has 1 N–H and O–H groups in total. The van der Waals surface area contributed by atoms with Gasteiger partial charge in [0, 0.05) is 18.1 Å². The van der Waals surface area contributed by atoms with Crippen LogP contribution in [0.1, 0.15) is 25.0 Å². The lowest BCUT2D eigenvalue weighted by molar-refractivity contribution is -0.139. The van der Waals surface area contributed by atoms with Gasteiger partial charge in [-0.25, -0.2) is 8.42 Å². The summed E-state index contributed by atoms with van der Waals surface area (Å²) in [6.07, 6.45) is 0. The maximum Gasteiger partial charge on any atom is 0.264 e. The lowest BCUT2D eigenvalue weighted by Crippen LogP contribution is -2.51. The second-order valence-corrected chi connectivity index (χ2v) is 11.0. The van der Waals surface area contributed by atoms with Gasteiger partial charge in [-0.05, 0) is 68.8 Å². The first kappa shape index (κ1) is 29.0. The van der Waals surface area contributed by atoms with E-state index in [4.69, 9.17) is 16.3 Å². The highest BCUT2D eigenvalue weighted by Crippen LogP contribution is 2.27. The third kappa shape index (κ3) is 7.05. The van der Waals surface area contributed by atoms with Crippen LogP contribution in [-0.4, -0.2) is 51.4 Å². The highest BCUT2D eigenvalue weighted by molar-refractivity contribution is 7.92. The molecular formula is C28H32ClN3O5S. The SMILES string of the molecule is CCNC(=O)[C@@H](C)N(Cc1cccc(OC)c1)C(=O)CN(c1cccc(Cl)c1)S(=O)(=O)c1ccc(C)cc1. The van der Waals surface area contributed by atoms with E-state index < -0.39 is 28.5 Å². The second kappa shape index (κ2) is 12.8. The average molecular weight is 558 g/mol. The number of hydrogen-bond donors (Lipinski definition) is 1. The summed E-state index contributed by atoms with van der Waals surface area (Å²) in [6.45, 7) is 5.18. The van der Waals surface area contributed by atoms with Gasteiger partial charge in [0.15, 0.2) is 0 Å². The van der Waals surface area contributed by atoms with E-state index in [1.807, 2.05) is 13.0 Å². The van der Waals surface area contributed by atoms with Gasteiger partial charge in [-0.3, -0.25) is 13.9 Å². The first-order valence-corrected chi connectivity index (χ1v) is 13.9. The molecule has 3 rings (SSSR count). The quantitative estimate of drug-likeness (QED) is 0.377. The first-order chi connectivity index (χ1) is 18.1. The number of methoxy groups -OCH3 is 1. The fraction of sp³-hybridized carbons (Fsp3) is 0.286. The predicted molar refractivity (Wildman–Crippen MR) is 149 cm³/mol. The Hall–Kier alpha value is -3.56. The van der Waals surface area contributed by atoms with Crippen molar-refractivity contribution >= 4 is 39.1 Å². The summed E-state index contributed by atoms with van der Waals surface area (Å²) in [6, 6.07) is 19.0. The van der Waals surface area contributed by atoms with Gasteiger partial charge in [0.05, 0.1) is 17.7 Å². The van der Waals surface area contributed by atoms with E-state index in [-0.39, 0.29) is 23.0 Å². The summed E-state index contributed by atoms with van der Waals surface area (Å²) in [7, 11) is -2.61. The van der Waals surface area contributed by atoms with Crippen LogP contribution in [0.25, 0.3) is 0 Å². The zero-order chi connectivity index (χ0) is 27.9. The van der Waals surface area contributed by atoms with Crippen molar-refractivity contribution in [3.63, 3.8) is 0 Å². The molecular weight excluding hydrogens is 526 g/mol. The molecule has 2 amide bonds. The Balaban J connectivity index is 2.03. The third-order valence-electron chi connectivity index (χ3n) is 5.99. The van der Waals surface area contributed by atoms with Crippen LogP contribution < -0.4 is 14.4 Å². The Kier molecular flexibility index (Phi) is 9.77. The molecule has 38 heavy (non-hydrogen) atoms. The Bertz CT molecular complexity index is 1380. The normalized spacial score (nSPS) is 11.9. The fourth-order valence-corrected chi connectivity index (χ4v) is 5.46. The molecule has 0 bridgehead atoms. The van der Waals surface area contributed by atoms with Gasteiger partial charge in [0.25, 0.3) is 10.0 Å². The van der Waals surface area contributed by atoms with E-state index in [9.17, 15) is 18.0 Å². The second-order valence-electron chi connectivity index (χ2n) is 8.75. The summed E-state index contributed by atoms with van der Waals surface area (Å²) in [4.78, 5) is 28.0. The van der Waals surface area contributed by atoms with E-state index in [0.29, 0.717) is 17.3 Å². The number of benzene rings is 3. The lowest BCUT2D eigenvalue weighted by atomic mass is 10.1. The summed E-state index contributed by atoms with van der Waals surface area (Å²) >= 11 is 6.19. The molecule has 202 valence electrons. The fourth-order valence-electron chi connectivity index (χ4n) is 3.87. The van der Waals surface area contributed by atoms with E-state index in [1.165, 1.54) is 30.2 Å². The van der Waals surface area contributed by atoms with E-state index in [2.05, 4.69) is 5.32 Å². The van der Waals surface area contributed by atoms with Gasteiger partial charge in [0.1, 0.15) is 18.3 Å². The lowest BCUT2D eigenvalue weighted by Gasteiger charge is -2.32. The Morgan fingerprint density at radius 1 is 1.03 bits per heavy atom. The van der Waals surface area contributed by atoms with Gasteiger partial charge in [-0.2, -0.15) is 0 Å². The summed E-state index contributed by atoms with van der Waals surface area (Å²) in [5, 5.41) is 3.06. The van der Waals surface area contributed by atoms with Crippen molar-refractivity contribution in [2.45, 2.75) is 38.3 Å². The van der Waals surface area contributed by atoms with Crippen molar-refractivity contribution < 1.29 is 22.7 Å². The van der Waals surface area contributed by atoms with Crippen LogP contribution in [0.4, 0.5) is 5.69 Å². The summed E-state index contributed by atoms with van der Waals surface area (Å²) < 4.78 is 33.9. The zero-order valence-electron chi connectivity index (χ0n) is 21.8. The van der Waals surface area contributed by atoms with Gasteiger partial charge in [0.2, 0.25) is 11.8 Å². The van der Waals surface area contributed by atoms with Crippen molar-refractivity contribution in [2.75, 3.05) is 24.5 Å². The molecule has 0 aliphatic heterocycles. The standard InChI is InChI=1S/C28H32ClN3O5S/c1-5-30-28(34)21(3)31(18-22-8-6-11-25(16-22)37-4)27(33)19-32(24-10-7-9-23(29)17-24)38(35,36)26-14-12-20(2)13-15-26/h6-17,21H,5,18-19H2,1-4H3,(H,30,34)/t21-/m1/s1. The summed E-state index contributed by atoms with van der Waals surface area (Å²) in [5.41, 5.74) is 1.86. The third-order valence-corrected chi connectivity index (χ3v) is 8.01. The minimum absolute atomic E-state index is 0.0343. The van der Waals surface area contributed by atoms with Gasteiger partial charge in [-0.1, -0.05) is 47.5 Å². The topological polar surface area (TPSA) is 96.0 Å². The van der Waals surface area contributed by atoms with Gasteiger partial charge >= 0.3 is 0 Å². The molecule has 10 heteroatoms. The van der Waals surface area contributed by atoms with Crippen molar-refractivity contribution in [1.29, 1.82) is 0 Å². The molecule has 0 saturated heterocycles. The molecule has 3 aromatic rings. The number of likely N-dealkylation sites (N-methyl/N-ethyl adjacent to an activating group) is 1. The van der Waals surface area contributed by atoms with Crippen molar-refractivity contribution in [3.05, 3.63) is 88.9 Å². The van der Waals surface area contributed by atoms with Crippen LogP contribution in [-0.2, 0) is 26.2 Å². The number of halogens is 1. The molecule has 0 radical (unpaired) electrons. The van der Waals surface area contributed by atoms with E-state index in [0.717, 1.165) is 15.4 Å². The van der Waals surface area contributed by atoms with Crippen LogP contribution >= 0.6 is 11.6 Å². The number of carbonyl (C=O) groups excluding carboxylic acids is 2. The van der Waals surface area contributed by atoms with E-state index in [1.54, 1.807) is 62.4 Å². The molecule has 0 aromatic heterocycles. The Labute approximate surface area is 229 Å². The minimum atomic E-state index is -4.15. The number of carbonyl (C=O) groups is 2. The van der Waals surface area contributed by atoms with Crippen molar-refractivity contribution in [3.8, 4) is 5.75 Å². The number of hydrogen-bond acceptors (Lipinski definition) is 5. The number of nitrogens with one attached hydrogen (secondary N) is 1. The zero-order valence-corrected chi connectivity index (χ0v) is 23.4. The van der Waals surface area contributed by atoms with E-state index >= 15 is 0 Å². The molecule has 0 saturated carbocycles. The smallest absolute Gasteiger partial charge is 0.264 e. The number of amides is 2. The molecule has 0 spiro atoms. The molecule has 0 heterocycles. The molecule has 3 aromatic carbocycles.